The fourth-order valence-electron chi connectivity index (χ4n) is 5.15. The molecule has 0 radical (unpaired) electrons. The van der Waals surface area contributed by atoms with Crippen LogP contribution in [-0.2, 0) is 23.6 Å². The fourth-order valence-corrected chi connectivity index (χ4v) is 5.15. The molecule has 1 saturated heterocycles. The Morgan fingerprint density at radius 1 is 0.846 bits per heavy atom. The molecule has 12 heteroatoms. The highest BCUT2D eigenvalue weighted by Crippen LogP contribution is 2.40. The fraction of sp³-hybridized carbons (Fsp3) is 0.519. The van der Waals surface area contributed by atoms with Crippen molar-refractivity contribution >= 4 is 5.97 Å². The molecule has 0 bridgehead atoms. The molecule has 1 N–H and O–H groups in total. The first kappa shape index (κ1) is 30.8. The molecule has 3 atom stereocenters. The van der Waals surface area contributed by atoms with Gasteiger partial charge in [0.2, 0.25) is 0 Å². The monoisotopic (exact) mass is 569 g/mol. The summed E-state index contributed by atoms with van der Waals surface area (Å²) >= 11 is 0. The number of carboxylic acids is 1. The van der Waals surface area contributed by atoms with E-state index in [1.54, 1.807) is 4.90 Å². The largest absolute Gasteiger partial charge is 0.481 e. The summed E-state index contributed by atoms with van der Waals surface area (Å²) in [6.45, 7) is 0.235. The van der Waals surface area contributed by atoms with Crippen LogP contribution in [0.5, 0.6) is 0 Å². The summed E-state index contributed by atoms with van der Waals surface area (Å²) in [5.41, 5.74) is -0.786. The molecule has 1 aliphatic heterocycles. The zero-order valence-corrected chi connectivity index (χ0v) is 20.7. The highest BCUT2D eigenvalue weighted by atomic mass is 19.4. The molecular formula is C27H28F9NO2. The molecule has 0 aromatic heterocycles. The molecule has 39 heavy (non-hydrogen) atoms. The molecule has 1 heterocycles. The number of halogens is 9. The first-order valence-corrected chi connectivity index (χ1v) is 12.4. The maximum atomic E-state index is 13.2. The van der Waals surface area contributed by atoms with E-state index in [1.165, 1.54) is 24.3 Å². The third kappa shape index (κ3) is 9.15. The van der Waals surface area contributed by atoms with Gasteiger partial charge in [0.25, 0.3) is 0 Å². The Kier molecular flexibility index (Phi) is 9.61. The molecule has 3 nitrogen and oxygen atoms in total. The average molecular weight is 570 g/mol. The third-order valence-corrected chi connectivity index (χ3v) is 7.12. The Labute approximate surface area is 219 Å². The number of hydrogen-bond acceptors (Lipinski definition) is 2. The van der Waals surface area contributed by atoms with Gasteiger partial charge in [-0.15, -0.1) is 0 Å². The van der Waals surface area contributed by atoms with Crippen LogP contribution in [0.1, 0.15) is 66.8 Å². The standard InChI is InChI=1S/C27H28F9NO2/c28-25(29,30)13-11-22(10-3-17-1-6-20(7-2-17)26(31,32)33)37-14-12-18(16-24(38)39)15-23(37)19-4-8-21(9-5-19)27(34,35)36/h1-2,4-9,18,22-23H,3,10-16H2,(H,38,39)/t18?,22-,23?/m1/s1. The number of rotatable bonds is 9. The minimum atomic E-state index is -4.58. The van der Waals surface area contributed by atoms with Gasteiger partial charge in [0, 0.05) is 24.9 Å². The van der Waals surface area contributed by atoms with Crippen molar-refractivity contribution in [3.05, 3.63) is 70.8 Å². The van der Waals surface area contributed by atoms with Gasteiger partial charge in [0.1, 0.15) is 0 Å². The number of nitrogens with zero attached hydrogens (tertiary/aromatic N) is 1. The molecule has 1 aliphatic rings. The summed E-state index contributed by atoms with van der Waals surface area (Å²) < 4.78 is 117. The number of likely N-dealkylation sites (tertiary alicyclic amines) is 1. The van der Waals surface area contributed by atoms with Crippen molar-refractivity contribution in [2.75, 3.05) is 6.54 Å². The molecule has 1 fully saturated rings. The minimum absolute atomic E-state index is 0.169. The summed E-state index contributed by atoms with van der Waals surface area (Å²) in [5.74, 6) is -1.36. The molecule has 2 aromatic rings. The van der Waals surface area contributed by atoms with Crippen LogP contribution in [-0.4, -0.2) is 34.7 Å². The van der Waals surface area contributed by atoms with Gasteiger partial charge >= 0.3 is 24.5 Å². The van der Waals surface area contributed by atoms with Gasteiger partial charge in [-0.05, 0) is 80.0 Å². The number of carboxylic acid groups (broad SMARTS) is 1. The highest BCUT2D eigenvalue weighted by Gasteiger charge is 2.38. The summed E-state index contributed by atoms with van der Waals surface area (Å²) in [6.07, 6.45) is -14.2. The Morgan fingerprint density at radius 3 is 1.87 bits per heavy atom. The van der Waals surface area contributed by atoms with E-state index in [9.17, 15) is 49.4 Å². The molecule has 3 rings (SSSR count). The molecule has 0 spiro atoms. The van der Waals surface area contributed by atoms with Crippen molar-refractivity contribution in [2.24, 2.45) is 5.92 Å². The Hall–Kier alpha value is -2.76. The van der Waals surface area contributed by atoms with E-state index in [1.807, 2.05) is 0 Å². The lowest BCUT2D eigenvalue weighted by molar-refractivity contribution is -0.141. The summed E-state index contributed by atoms with van der Waals surface area (Å²) in [5, 5.41) is 9.24. The second-order valence-corrected chi connectivity index (χ2v) is 9.90. The number of piperidine rings is 1. The van der Waals surface area contributed by atoms with Crippen LogP contribution >= 0.6 is 0 Å². The number of alkyl halides is 9. The van der Waals surface area contributed by atoms with Crippen LogP contribution in [0.3, 0.4) is 0 Å². The lowest BCUT2D eigenvalue weighted by atomic mass is 9.83. The molecule has 0 aliphatic carbocycles. The van der Waals surface area contributed by atoms with Gasteiger partial charge in [0.15, 0.2) is 0 Å². The predicted octanol–water partition coefficient (Wildman–Crippen LogP) is 8.30. The normalized spacial score (nSPS) is 20.1. The molecular weight excluding hydrogens is 541 g/mol. The zero-order chi connectivity index (χ0) is 29.0. The number of carbonyl (C=O) groups is 1. The van der Waals surface area contributed by atoms with Gasteiger partial charge in [-0.1, -0.05) is 24.3 Å². The average Bonchev–Trinajstić information content (AvgIpc) is 2.82. The van der Waals surface area contributed by atoms with E-state index in [0.29, 0.717) is 17.5 Å². The molecule has 0 amide bonds. The Morgan fingerprint density at radius 2 is 1.38 bits per heavy atom. The molecule has 216 valence electrons. The van der Waals surface area contributed by atoms with Crippen LogP contribution in [0, 0.1) is 5.92 Å². The summed E-state index contributed by atoms with van der Waals surface area (Å²) in [4.78, 5) is 13.1. The lowest BCUT2D eigenvalue weighted by Crippen LogP contribution is -2.44. The number of aliphatic carboxylic acids is 1. The molecule has 2 aromatic carbocycles. The number of benzene rings is 2. The van der Waals surface area contributed by atoms with Gasteiger partial charge in [-0.2, -0.15) is 39.5 Å². The van der Waals surface area contributed by atoms with Crippen LogP contribution in [0.2, 0.25) is 0 Å². The van der Waals surface area contributed by atoms with E-state index in [2.05, 4.69) is 0 Å². The zero-order valence-electron chi connectivity index (χ0n) is 20.7. The van der Waals surface area contributed by atoms with E-state index in [0.717, 1.165) is 24.3 Å². The van der Waals surface area contributed by atoms with Crippen molar-refractivity contribution in [3.63, 3.8) is 0 Å². The van der Waals surface area contributed by atoms with Crippen LogP contribution in [0.25, 0.3) is 0 Å². The summed E-state index contributed by atoms with van der Waals surface area (Å²) in [6, 6.07) is 7.36. The lowest BCUT2D eigenvalue weighted by Gasteiger charge is -2.44. The second-order valence-electron chi connectivity index (χ2n) is 9.90. The molecule has 0 saturated carbocycles. The van der Waals surface area contributed by atoms with Gasteiger partial charge in [-0.25, -0.2) is 0 Å². The maximum Gasteiger partial charge on any atom is 0.416 e. The van der Waals surface area contributed by atoms with Crippen molar-refractivity contribution in [3.8, 4) is 0 Å². The SMILES string of the molecule is O=C(O)CC1CCN([C@H](CCc2ccc(C(F)(F)F)cc2)CCC(F)(F)F)C(c2ccc(C(F)(F)F)cc2)C1. The third-order valence-electron chi connectivity index (χ3n) is 7.12. The van der Waals surface area contributed by atoms with Crippen molar-refractivity contribution in [2.45, 2.75) is 75.6 Å². The highest BCUT2D eigenvalue weighted by molar-refractivity contribution is 5.67. The van der Waals surface area contributed by atoms with Crippen LogP contribution in [0.15, 0.2) is 48.5 Å². The number of aryl methyl sites for hydroxylation is 1. The second kappa shape index (κ2) is 12.2. The minimum Gasteiger partial charge on any atom is -0.481 e. The van der Waals surface area contributed by atoms with E-state index in [4.69, 9.17) is 0 Å². The van der Waals surface area contributed by atoms with Crippen LogP contribution in [0.4, 0.5) is 39.5 Å². The number of hydrogen-bond donors (Lipinski definition) is 1. The topological polar surface area (TPSA) is 40.5 Å². The molecule has 2 unspecified atom stereocenters. The Bertz CT molecular complexity index is 1080. The van der Waals surface area contributed by atoms with Gasteiger partial charge in [-0.3, -0.25) is 9.69 Å². The first-order chi connectivity index (χ1) is 18.0. The van der Waals surface area contributed by atoms with Crippen LogP contribution < -0.4 is 0 Å². The van der Waals surface area contributed by atoms with E-state index < -0.39 is 54.1 Å². The Balaban J connectivity index is 1.87. The van der Waals surface area contributed by atoms with E-state index >= 15 is 0 Å². The first-order valence-electron chi connectivity index (χ1n) is 12.4. The summed E-state index contributed by atoms with van der Waals surface area (Å²) in [7, 11) is 0. The quantitative estimate of drug-likeness (QED) is 0.309. The van der Waals surface area contributed by atoms with Gasteiger partial charge in [0.05, 0.1) is 11.1 Å². The van der Waals surface area contributed by atoms with Crippen molar-refractivity contribution < 1.29 is 49.4 Å². The van der Waals surface area contributed by atoms with E-state index in [-0.39, 0.29) is 44.6 Å². The van der Waals surface area contributed by atoms with Crippen molar-refractivity contribution in [1.82, 2.24) is 4.90 Å². The van der Waals surface area contributed by atoms with Crippen molar-refractivity contribution in [1.29, 1.82) is 0 Å². The van der Waals surface area contributed by atoms with Gasteiger partial charge < -0.3 is 5.11 Å². The maximum absolute atomic E-state index is 13.2. The predicted molar refractivity (Wildman–Crippen MR) is 125 cm³/mol. The smallest absolute Gasteiger partial charge is 0.416 e.